The number of anilines is 1. The average molecular weight is 401 g/mol. The minimum absolute atomic E-state index is 0.117. The maximum absolute atomic E-state index is 12.9. The van der Waals surface area contributed by atoms with E-state index in [1.165, 1.54) is 13.3 Å². The molecule has 0 amide bonds. The van der Waals surface area contributed by atoms with Crippen LogP contribution in [0.3, 0.4) is 0 Å². The first-order chi connectivity index (χ1) is 13.4. The van der Waals surface area contributed by atoms with Gasteiger partial charge in [0.05, 0.1) is 35.0 Å². The number of H-pyrrole nitrogens is 1. The van der Waals surface area contributed by atoms with Crippen LogP contribution in [0.5, 0.6) is 5.75 Å². The van der Waals surface area contributed by atoms with Crippen molar-refractivity contribution < 1.29 is 13.2 Å². The Morgan fingerprint density at radius 3 is 2.82 bits per heavy atom. The van der Waals surface area contributed by atoms with E-state index >= 15 is 0 Å². The Morgan fingerprint density at radius 1 is 1.29 bits per heavy atom. The third kappa shape index (κ3) is 3.30. The van der Waals surface area contributed by atoms with E-state index in [2.05, 4.69) is 24.8 Å². The quantitative estimate of drug-likeness (QED) is 0.676. The van der Waals surface area contributed by atoms with E-state index < -0.39 is 9.84 Å². The first-order valence-electron chi connectivity index (χ1n) is 9.13. The fraction of sp³-hybridized carbons (Fsp3) is 0.421. The van der Waals surface area contributed by atoms with Crippen LogP contribution < -0.4 is 9.64 Å². The molecule has 4 rings (SSSR count). The molecule has 28 heavy (non-hydrogen) atoms. The summed E-state index contributed by atoms with van der Waals surface area (Å²) < 4.78 is 30.9. The van der Waals surface area contributed by atoms with Crippen molar-refractivity contribution in [1.82, 2.24) is 19.9 Å². The first kappa shape index (κ1) is 18.7. The summed E-state index contributed by atoms with van der Waals surface area (Å²) in [6.07, 6.45) is 6.54. The molecule has 0 unspecified atom stereocenters. The molecule has 0 bridgehead atoms. The van der Waals surface area contributed by atoms with E-state index in [9.17, 15) is 8.42 Å². The Hall–Kier alpha value is -2.68. The zero-order valence-corrected chi connectivity index (χ0v) is 16.9. The molecule has 1 aliphatic rings. The molecule has 3 heterocycles. The molecule has 0 aliphatic heterocycles. The zero-order valence-electron chi connectivity index (χ0n) is 16.1. The van der Waals surface area contributed by atoms with E-state index in [1.54, 1.807) is 19.3 Å². The number of fused-ring (bicyclic) bond motifs is 1. The number of pyridine rings is 1. The summed E-state index contributed by atoms with van der Waals surface area (Å²) in [6, 6.07) is 3.78. The molecule has 1 aliphatic carbocycles. The summed E-state index contributed by atoms with van der Waals surface area (Å²) >= 11 is 0. The van der Waals surface area contributed by atoms with Crippen molar-refractivity contribution in [2.75, 3.05) is 24.8 Å². The van der Waals surface area contributed by atoms with Crippen LogP contribution >= 0.6 is 0 Å². The molecular weight excluding hydrogens is 378 g/mol. The van der Waals surface area contributed by atoms with Gasteiger partial charge in [-0.1, -0.05) is 0 Å². The lowest BCUT2D eigenvalue weighted by Crippen LogP contribution is -2.45. The second-order valence-corrected chi connectivity index (χ2v) is 9.28. The highest BCUT2D eigenvalue weighted by molar-refractivity contribution is 7.91. The molecule has 3 aromatic heterocycles. The first-order valence-corrected chi connectivity index (χ1v) is 10.8. The number of hydrogen-bond acceptors (Lipinski definition) is 7. The molecule has 9 heteroatoms. The number of aryl methyl sites for hydroxylation is 1. The Bertz CT molecular complexity index is 1110. The number of nitrogens with one attached hydrogen (secondary N) is 1. The van der Waals surface area contributed by atoms with Crippen molar-refractivity contribution in [3.63, 3.8) is 0 Å². The number of aromatic nitrogens is 4. The monoisotopic (exact) mass is 401 g/mol. The summed E-state index contributed by atoms with van der Waals surface area (Å²) in [6.45, 7) is 1.71. The lowest BCUT2D eigenvalue weighted by atomic mass is 9.81. The minimum Gasteiger partial charge on any atom is -0.495 e. The molecule has 3 aromatic rings. The highest BCUT2D eigenvalue weighted by atomic mass is 32.2. The summed E-state index contributed by atoms with van der Waals surface area (Å²) in [7, 11) is 0.0892. The van der Waals surface area contributed by atoms with Gasteiger partial charge in [0.1, 0.15) is 23.5 Å². The van der Waals surface area contributed by atoms with Crippen LogP contribution in [0.4, 0.5) is 5.82 Å². The van der Waals surface area contributed by atoms with E-state index in [0.29, 0.717) is 11.4 Å². The molecule has 0 radical (unpaired) electrons. The van der Waals surface area contributed by atoms with Gasteiger partial charge in [0.15, 0.2) is 9.84 Å². The molecule has 1 N–H and O–H groups in total. The Balaban J connectivity index is 1.45. The van der Waals surface area contributed by atoms with Crippen molar-refractivity contribution in [2.45, 2.75) is 30.7 Å². The van der Waals surface area contributed by atoms with Crippen molar-refractivity contribution >= 4 is 26.7 Å². The maximum atomic E-state index is 12.9. The topological polar surface area (TPSA) is 101 Å². The molecule has 1 fully saturated rings. The van der Waals surface area contributed by atoms with E-state index in [0.717, 1.165) is 29.7 Å². The van der Waals surface area contributed by atoms with E-state index in [4.69, 9.17) is 4.74 Å². The fourth-order valence-electron chi connectivity index (χ4n) is 3.79. The van der Waals surface area contributed by atoms with Gasteiger partial charge in [-0.3, -0.25) is 4.98 Å². The SMILES string of the molecule is COc1cnc(C)c(S(=O)(=O)CC2CC(N(C)c3ncnc4[nH]ccc34)C2)c1. The Labute approximate surface area is 163 Å². The second-order valence-electron chi connectivity index (χ2n) is 7.28. The Morgan fingerprint density at radius 2 is 2.07 bits per heavy atom. The number of rotatable bonds is 6. The smallest absolute Gasteiger partial charge is 0.180 e. The summed E-state index contributed by atoms with van der Waals surface area (Å²) in [5.74, 6) is 1.56. The van der Waals surface area contributed by atoms with E-state index in [-0.39, 0.29) is 22.6 Å². The van der Waals surface area contributed by atoms with Crippen molar-refractivity contribution in [3.05, 3.63) is 36.5 Å². The lowest BCUT2D eigenvalue weighted by Gasteiger charge is -2.41. The Kier molecular flexibility index (Phi) is 4.70. The molecule has 0 atom stereocenters. The second kappa shape index (κ2) is 7.05. The van der Waals surface area contributed by atoms with Crippen molar-refractivity contribution in [1.29, 1.82) is 0 Å². The van der Waals surface area contributed by atoms with Gasteiger partial charge in [0, 0.05) is 25.4 Å². The zero-order chi connectivity index (χ0) is 19.9. The molecule has 0 aromatic carbocycles. The van der Waals surface area contributed by atoms with Gasteiger partial charge in [-0.05, 0) is 31.7 Å². The largest absolute Gasteiger partial charge is 0.495 e. The number of ether oxygens (including phenoxy) is 1. The van der Waals surface area contributed by atoms with Gasteiger partial charge in [0.2, 0.25) is 0 Å². The summed E-state index contributed by atoms with van der Waals surface area (Å²) in [4.78, 5) is 18.2. The number of methoxy groups -OCH3 is 1. The highest BCUT2D eigenvalue weighted by Crippen LogP contribution is 2.37. The number of sulfone groups is 1. The number of hydrogen-bond donors (Lipinski definition) is 1. The maximum Gasteiger partial charge on any atom is 0.180 e. The molecule has 0 saturated heterocycles. The van der Waals surface area contributed by atoms with Crippen LogP contribution in [0.25, 0.3) is 11.0 Å². The summed E-state index contributed by atoms with van der Waals surface area (Å²) in [5, 5.41) is 0.971. The van der Waals surface area contributed by atoms with Gasteiger partial charge in [0.25, 0.3) is 0 Å². The van der Waals surface area contributed by atoms with Crippen molar-refractivity contribution in [3.8, 4) is 5.75 Å². The molecule has 148 valence electrons. The lowest BCUT2D eigenvalue weighted by molar-refractivity contribution is 0.282. The van der Waals surface area contributed by atoms with Gasteiger partial charge in [-0.25, -0.2) is 18.4 Å². The van der Waals surface area contributed by atoms with Gasteiger partial charge in [-0.15, -0.1) is 0 Å². The van der Waals surface area contributed by atoms with Crippen LogP contribution in [0.15, 0.2) is 35.7 Å². The molecule has 0 spiro atoms. The summed E-state index contributed by atoms with van der Waals surface area (Å²) in [5.41, 5.74) is 1.31. The number of nitrogens with zero attached hydrogens (tertiary/aromatic N) is 4. The number of aromatic amines is 1. The third-order valence-corrected chi connectivity index (χ3v) is 7.46. The van der Waals surface area contributed by atoms with Crippen LogP contribution in [-0.2, 0) is 9.84 Å². The fourth-order valence-corrected chi connectivity index (χ4v) is 5.66. The standard InChI is InChI=1S/C19H23N5O3S/c1-12-17(8-15(27-3)9-21-12)28(25,26)10-13-6-14(7-13)24(2)19-16-4-5-20-18(16)22-11-23-19/h4-5,8-9,11,13-14H,6-7,10H2,1-3H3,(H,20,22,23). The molecule has 1 saturated carbocycles. The normalized spacial score (nSPS) is 19.4. The predicted octanol–water partition coefficient (Wildman–Crippen LogP) is 2.36. The van der Waals surface area contributed by atoms with Gasteiger partial charge >= 0.3 is 0 Å². The third-order valence-electron chi connectivity index (χ3n) is 5.47. The predicted molar refractivity (Wildman–Crippen MR) is 106 cm³/mol. The van der Waals surface area contributed by atoms with Gasteiger partial charge < -0.3 is 14.6 Å². The van der Waals surface area contributed by atoms with E-state index in [1.807, 2.05) is 19.3 Å². The van der Waals surface area contributed by atoms with Crippen molar-refractivity contribution in [2.24, 2.45) is 5.92 Å². The molecular formula is C19H23N5O3S. The van der Waals surface area contributed by atoms with Crippen LogP contribution in [-0.4, -0.2) is 54.3 Å². The molecule has 8 nitrogen and oxygen atoms in total. The van der Waals surface area contributed by atoms with Crippen LogP contribution in [0, 0.1) is 12.8 Å². The minimum atomic E-state index is -3.41. The van der Waals surface area contributed by atoms with Crippen LogP contribution in [0.2, 0.25) is 0 Å². The highest BCUT2D eigenvalue weighted by Gasteiger charge is 2.37. The average Bonchev–Trinajstić information content (AvgIpc) is 3.13. The van der Waals surface area contributed by atoms with Gasteiger partial charge in [-0.2, -0.15) is 0 Å². The van der Waals surface area contributed by atoms with Crippen LogP contribution in [0.1, 0.15) is 18.5 Å².